The van der Waals surface area contributed by atoms with Crippen LogP contribution >= 0.6 is 11.8 Å². The number of para-hydroxylation sites is 2. The molecule has 88 valence electrons. The first-order valence-electron chi connectivity index (χ1n) is 5.62. The third kappa shape index (κ3) is 3.71. The van der Waals surface area contributed by atoms with Gasteiger partial charge in [0.1, 0.15) is 0 Å². The molecule has 0 amide bonds. The first kappa shape index (κ1) is 11.9. The molecule has 2 aromatic rings. The molecule has 0 aromatic heterocycles. The SMILES string of the molecule is Nc1ccccc1SCCNc1ccccc1. The monoisotopic (exact) mass is 244 g/mol. The minimum Gasteiger partial charge on any atom is -0.398 e. The highest BCUT2D eigenvalue weighted by Crippen LogP contribution is 2.23. The summed E-state index contributed by atoms with van der Waals surface area (Å²) in [6.07, 6.45) is 0. The second-order valence-corrected chi connectivity index (χ2v) is 4.82. The zero-order valence-corrected chi connectivity index (χ0v) is 10.4. The van der Waals surface area contributed by atoms with Crippen LogP contribution in [0.15, 0.2) is 59.5 Å². The summed E-state index contributed by atoms with van der Waals surface area (Å²) in [7, 11) is 0. The van der Waals surface area contributed by atoms with Crippen molar-refractivity contribution in [2.24, 2.45) is 0 Å². The van der Waals surface area contributed by atoms with E-state index >= 15 is 0 Å². The Morgan fingerprint density at radius 2 is 1.65 bits per heavy atom. The second kappa shape index (κ2) is 6.21. The van der Waals surface area contributed by atoms with Gasteiger partial charge in [-0.1, -0.05) is 30.3 Å². The van der Waals surface area contributed by atoms with Gasteiger partial charge in [-0.2, -0.15) is 0 Å². The number of rotatable bonds is 5. The van der Waals surface area contributed by atoms with Crippen LogP contribution in [0.4, 0.5) is 11.4 Å². The highest BCUT2D eigenvalue weighted by Gasteiger charge is 1.97. The molecule has 0 bridgehead atoms. The molecule has 0 spiro atoms. The summed E-state index contributed by atoms with van der Waals surface area (Å²) >= 11 is 1.78. The summed E-state index contributed by atoms with van der Waals surface area (Å²) in [6.45, 7) is 0.934. The molecule has 0 saturated carbocycles. The summed E-state index contributed by atoms with van der Waals surface area (Å²) in [4.78, 5) is 1.15. The molecular weight excluding hydrogens is 228 g/mol. The maximum absolute atomic E-state index is 5.87. The predicted octanol–water partition coefficient (Wildman–Crippen LogP) is 3.47. The fraction of sp³-hybridized carbons (Fsp3) is 0.143. The summed E-state index contributed by atoms with van der Waals surface area (Å²) in [6, 6.07) is 18.2. The van der Waals surface area contributed by atoms with E-state index in [4.69, 9.17) is 5.73 Å². The molecule has 0 aliphatic rings. The lowest BCUT2D eigenvalue weighted by Gasteiger charge is -2.07. The molecule has 0 fully saturated rings. The van der Waals surface area contributed by atoms with Crippen molar-refractivity contribution in [3.8, 4) is 0 Å². The Labute approximate surface area is 106 Å². The van der Waals surface area contributed by atoms with Crippen molar-refractivity contribution in [3.63, 3.8) is 0 Å². The Bertz CT molecular complexity index is 457. The Morgan fingerprint density at radius 3 is 2.41 bits per heavy atom. The summed E-state index contributed by atoms with van der Waals surface area (Å²) in [5, 5.41) is 3.37. The van der Waals surface area contributed by atoms with E-state index in [0.29, 0.717) is 0 Å². The topological polar surface area (TPSA) is 38.0 Å². The van der Waals surface area contributed by atoms with E-state index in [-0.39, 0.29) is 0 Å². The maximum Gasteiger partial charge on any atom is 0.0452 e. The Balaban J connectivity index is 1.76. The van der Waals surface area contributed by atoms with E-state index in [1.807, 2.05) is 36.4 Å². The van der Waals surface area contributed by atoms with E-state index < -0.39 is 0 Å². The quantitative estimate of drug-likeness (QED) is 0.480. The molecule has 2 nitrogen and oxygen atoms in total. The van der Waals surface area contributed by atoms with Crippen LogP contribution in [0.5, 0.6) is 0 Å². The number of nitrogens with two attached hydrogens (primary N) is 1. The third-order valence-corrected chi connectivity index (χ3v) is 3.47. The van der Waals surface area contributed by atoms with Crippen molar-refractivity contribution >= 4 is 23.1 Å². The highest BCUT2D eigenvalue weighted by molar-refractivity contribution is 7.99. The van der Waals surface area contributed by atoms with E-state index in [0.717, 1.165) is 28.6 Å². The van der Waals surface area contributed by atoms with Gasteiger partial charge >= 0.3 is 0 Å². The smallest absolute Gasteiger partial charge is 0.0452 e. The van der Waals surface area contributed by atoms with Crippen LogP contribution in [-0.2, 0) is 0 Å². The van der Waals surface area contributed by atoms with Crippen LogP contribution in [0.3, 0.4) is 0 Å². The molecule has 0 radical (unpaired) electrons. The van der Waals surface area contributed by atoms with Gasteiger partial charge in [-0.25, -0.2) is 0 Å². The minimum atomic E-state index is 0.859. The lowest BCUT2D eigenvalue weighted by atomic mass is 10.3. The Hall–Kier alpha value is -1.61. The number of thioether (sulfide) groups is 1. The standard InChI is InChI=1S/C14H16N2S/c15-13-8-4-5-9-14(13)17-11-10-16-12-6-2-1-3-7-12/h1-9,16H,10-11,15H2. The van der Waals surface area contributed by atoms with Gasteiger partial charge in [0.2, 0.25) is 0 Å². The Kier molecular flexibility index (Phi) is 4.33. The molecule has 2 aromatic carbocycles. The summed E-state index contributed by atoms with van der Waals surface area (Å²) < 4.78 is 0. The van der Waals surface area contributed by atoms with E-state index in [9.17, 15) is 0 Å². The van der Waals surface area contributed by atoms with Crippen molar-refractivity contribution in [1.82, 2.24) is 0 Å². The molecule has 0 aliphatic carbocycles. The normalized spacial score (nSPS) is 10.1. The van der Waals surface area contributed by atoms with E-state index in [2.05, 4.69) is 23.5 Å². The second-order valence-electron chi connectivity index (χ2n) is 3.68. The lowest BCUT2D eigenvalue weighted by molar-refractivity contribution is 1.22. The van der Waals surface area contributed by atoms with Crippen molar-refractivity contribution in [1.29, 1.82) is 0 Å². The van der Waals surface area contributed by atoms with Crippen molar-refractivity contribution < 1.29 is 0 Å². The van der Waals surface area contributed by atoms with Gasteiger partial charge in [0.15, 0.2) is 0 Å². The molecule has 0 unspecified atom stereocenters. The van der Waals surface area contributed by atoms with Gasteiger partial charge < -0.3 is 11.1 Å². The van der Waals surface area contributed by atoms with Crippen molar-refractivity contribution in [2.45, 2.75) is 4.90 Å². The largest absolute Gasteiger partial charge is 0.398 e. The number of benzene rings is 2. The maximum atomic E-state index is 5.87. The zero-order valence-electron chi connectivity index (χ0n) is 9.60. The first-order valence-corrected chi connectivity index (χ1v) is 6.61. The van der Waals surface area contributed by atoms with E-state index in [1.54, 1.807) is 11.8 Å². The first-order chi connectivity index (χ1) is 8.36. The fourth-order valence-electron chi connectivity index (χ4n) is 1.52. The molecule has 0 aliphatic heterocycles. The van der Waals surface area contributed by atoms with Crippen LogP contribution in [0.1, 0.15) is 0 Å². The van der Waals surface area contributed by atoms with Crippen molar-refractivity contribution in [2.75, 3.05) is 23.3 Å². The highest BCUT2D eigenvalue weighted by atomic mass is 32.2. The lowest BCUT2D eigenvalue weighted by Crippen LogP contribution is -2.03. The fourth-order valence-corrected chi connectivity index (χ4v) is 2.36. The molecule has 0 heterocycles. The summed E-state index contributed by atoms with van der Waals surface area (Å²) in [5.41, 5.74) is 7.89. The number of hydrogen-bond acceptors (Lipinski definition) is 3. The average Bonchev–Trinajstić information content (AvgIpc) is 2.38. The number of nitrogen functional groups attached to an aromatic ring is 1. The molecule has 3 heteroatoms. The van der Waals surface area contributed by atoms with Crippen LogP contribution in [0.2, 0.25) is 0 Å². The molecule has 2 rings (SSSR count). The minimum absolute atomic E-state index is 0.859. The number of nitrogens with one attached hydrogen (secondary N) is 1. The van der Waals surface area contributed by atoms with Gasteiger partial charge in [-0.05, 0) is 24.3 Å². The van der Waals surface area contributed by atoms with Gasteiger partial charge in [-0.15, -0.1) is 11.8 Å². The van der Waals surface area contributed by atoms with Gasteiger partial charge in [-0.3, -0.25) is 0 Å². The van der Waals surface area contributed by atoms with E-state index in [1.165, 1.54) is 0 Å². The zero-order chi connectivity index (χ0) is 11.9. The van der Waals surface area contributed by atoms with Crippen LogP contribution in [0.25, 0.3) is 0 Å². The van der Waals surface area contributed by atoms with Crippen LogP contribution in [-0.4, -0.2) is 12.3 Å². The Morgan fingerprint density at radius 1 is 0.941 bits per heavy atom. The molecule has 3 N–H and O–H groups in total. The molecule has 17 heavy (non-hydrogen) atoms. The van der Waals surface area contributed by atoms with Crippen LogP contribution < -0.4 is 11.1 Å². The van der Waals surface area contributed by atoms with Gasteiger partial charge in [0, 0.05) is 28.6 Å². The predicted molar refractivity (Wildman–Crippen MR) is 76.5 cm³/mol. The average molecular weight is 244 g/mol. The van der Waals surface area contributed by atoms with Gasteiger partial charge in [0.25, 0.3) is 0 Å². The van der Waals surface area contributed by atoms with Gasteiger partial charge in [0.05, 0.1) is 0 Å². The third-order valence-electron chi connectivity index (χ3n) is 2.38. The van der Waals surface area contributed by atoms with Crippen LogP contribution in [0, 0.1) is 0 Å². The van der Waals surface area contributed by atoms with Crippen molar-refractivity contribution in [3.05, 3.63) is 54.6 Å². The molecular formula is C14H16N2S. The number of anilines is 2. The molecule has 0 atom stereocenters. The molecule has 0 saturated heterocycles. The number of hydrogen-bond donors (Lipinski definition) is 2. The summed E-state index contributed by atoms with van der Waals surface area (Å²) in [5.74, 6) is 1.00.